The summed E-state index contributed by atoms with van der Waals surface area (Å²) in [6.45, 7) is 2.84. The van der Waals surface area contributed by atoms with Crippen LogP contribution < -0.4 is 10.0 Å². The zero-order valence-electron chi connectivity index (χ0n) is 12.9. The van der Waals surface area contributed by atoms with E-state index in [1.165, 1.54) is 35.6 Å². The number of aromatic nitrogens is 1. The Balaban J connectivity index is 2.15. The van der Waals surface area contributed by atoms with Gasteiger partial charge in [0.1, 0.15) is 0 Å². The molecule has 3 N–H and O–H groups in total. The molecule has 0 saturated carbocycles. The highest BCUT2D eigenvalue weighted by molar-refractivity contribution is 7.90. The maximum absolute atomic E-state index is 11.8. The SMILES string of the molecule is CC(=O)NS(=O)(=O)c1ccc(Nc2nc(C)c(CC(=O)O)s2)cc1. The number of nitrogens with zero attached hydrogens (tertiary/aromatic N) is 1. The lowest BCUT2D eigenvalue weighted by atomic mass is 10.3. The number of nitrogens with one attached hydrogen (secondary N) is 2. The smallest absolute Gasteiger partial charge is 0.308 e. The lowest BCUT2D eigenvalue weighted by molar-refractivity contribution is -0.136. The molecule has 1 aromatic carbocycles. The summed E-state index contributed by atoms with van der Waals surface area (Å²) in [5.41, 5.74) is 1.22. The number of aryl methyl sites for hydroxylation is 1. The molecule has 8 nitrogen and oxygen atoms in total. The Morgan fingerprint density at radius 2 is 1.88 bits per heavy atom. The number of aliphatic carboxylic acids is 1. The summed E-state index contributed by atoms with van der Waals surface area (Å²) in [7, 11) is -3.87. The summed E-state index contributed by atoms with van der Waals surface area (Å²) in [5.74, 6) is -1.60. The van der Waals surface area contributed by atoms with Crippen molar-refractivity contribution in [2.24, 2.45) is 0 Å². The second-order valence-electron chi connectivity index (χ2n) is 4.91. The van der Waals surface area contributed by atoms with Crippen LogP contribution in [0.15, 0.2) is 29.2 Å². The molecular formula is C14H15N3O5S2. The number of carboxylic acids is 1. The molecule has 1 heterocycles. The fourth-order valence-corrected chi connectivity index (χ4v) is 3.84. The highest BCUT2D eigenvalue weighted by atomic mass is 32.2. The fraction of sp³-hybridized carbons (Fsp3) is 0.214. The predicted molar refractivity (Wildman–Crippen MR) is 88.9 cm³/mol. The molecule has 10 heteroatoms. The summed E-state index contributed by atoms with van der Waals surface area (Å²) in [6, 6.07) is 5.77. The number of hydrogen-bond donors (Lipinski definition) is 3. The first-order chi connectivity index (χ1) is 11.2. The van der Waals surface area contributed by atoms with Crippen molar-refractivity contribution >= 4 is 44.1 Å². The Bertz CT molecular complexity index is 872. The number of benzene rings is 1. The predicted octanol–water partition coefficient (Wildman–Crippen LogP) is 1.65. The van der Waals surface area contributed by atoms with E-state index in [4.69, 9.17) is 5.11 Å². The van der Waals surface area contributed by atoms with Crippen molar-refractivity contribution in [2.75, 3.05) is 5.32 Å². The van der Waals surface area contributed by atoms with Crippen LogP contribution in [0.3, 0.4) is 0 Å². The van der Waals surface area contributed by atoms with Gasteiger partial charge in [0.25, 0.3) is 10.0 Å². The fourth-order valence-electron chi connectivity index (χ4n) is 1.87. The summed E-state index contributed by atoms with van der Waals surface area (Å²) < 4.78 is 25.6. The molecule has 0 radical (unpaired) electrons. The van der Waals surface area contributed by atoms with Crippen molar-refractivity contribution < 1.29 is 23.1 Å². The standard InChI is InChI=1S/C14H15N3O5S2/c1-8-12(7-13(19)20)23-14(15-8)16-10-3-5-11(6-4-10)24(21,22)17-9(2)18/h3-6H,7H2,1-2H3,(H,15,16)(H,17,18)(H,19,20). The zero-order valence-corrected chi connectivity index (χ0v) is 14.5. The number of anilines is 2. The molecule has 0 aliphatic heterocycles. The van der Waals surface area contributed by atoms with Gasteiger partial charge >= 0.3 is 5.97 Å². The van der Waals surface area contributed by atoms with Crippen molar-refractivity contribution in [1.82, 2.24) is 9.71 Å². The van der Waals surface area contributed by atoms with Gasteiger partial charge in [0.15, 0.2) is 5.13 Å². The monoisotopic (exact) mass is 369 g/mol. The van der Waals surface area contributed by atoms with E-state index in [-0.39, 0.29) is 11.3 Å². The van der Waals surface area contributed by atoms with Crippen molar-refractivity contribution in [3.8, 4) is 0 Å². The van der Waals surface area contributed by atoms with Gasteiger partial charge in [-0.2, -0.15) is 0 Å². The van der Waals surface area contributed by atoms with E-state index >= 15 is 0 Å². The zero-order chi connectivity index (χ0) is 17.9. The molecule has 2 aromatic rings. The first-order valence-electron chi connectivity index (χ1n) is 6.76. The van der Waals surface area contributed by atoms with E-state index in [0.717, 1.165) is 6.92 Å². The Hall–Kier alpha value is -2.46. The van der Waals surface area contributed by atoms with Gasteiger partial charge < -0.3 is 10.4 Å². The van der Waals surface area contributed by atoms with Crippen molar-refractivity contribution in [3.05, 3.63) is 34.8 Å². The van der Waals surface area contributed by atoms with Gasteiger partial charge in [-0.15, -0.1) is 11.3 Å². The summed E-state index contributed by atoms with van der Waals surface area (Å²) in [5, 5.41) is 12.3. The molecule has 0 aliphatic rings. The van der Waals surface area contributed by atoms with Crippen LogP contribution in [0.2, 0.25) is 0 Å². The van der Waals surface area contributed by atoms with Gasteiger partial charge in [-0.25, -0.2) is 18.1 Å². The van der Waals surface area contributed by atoms with Gasteiger partial charge in [0, 0.05) is 17.5 Å². The number of amides is 1. The molecule has 0 spiro atoms. The molecule has 0 atom stereocenters. The minimum Gasteiger partial charge on any atom is -0.481 e. The number of carboxylic acid groups (broad SMARTS) is 1. The van der Waals surface area contributed by atoms with Gasteiger partial charge in [0.05, 0.1) is 17.0 Å². The molecule has 1 aromatic heterocycles. The average Bonchev–Trinajstić information content (AvgIpc) is 2.77. The summed E-state index contributed by atoms with van der Waals surface area (Å²) in [6.07, 6.45) is -0.0981. The van der Waals surface area contributed by atoms with Gasteiger partial charge in [-0.05, 0) is 31.2 Å². The van der Waals surface area contributed by atoms with Crippen molar-refractivity contribution in [3.63, 3.8) is 0 Å². The number of sulfonamides is 1. The largest absolute Gasteiger partial charge is 0.481 e. The van der Waals surface area contributed by atoms with Gasteiger partial charge in [0.2, 0.25) is 5.91 Å². The number of rotatable bonds is 6. The molecule has 2 rings (SSSR count). The summed E-state index contributed by atoms with van der Waals surface area (Å²) >= 11 is 1.22. The second-order valence-corrected chi connectivity index (χ2v) is 7.68. The quantitative estimate of drug-likeness (QED) is 0.707. The third kappa shape index (κ3) is 4.52. The second kappa shape index (κ2) is 6.97. The lowest BCUT2D eigenvalue weighted by Gasteiger charge is -2.06. The van der Waals surface area contributed by atoms with E-state index in [2.05, 4.69) is 10.3 Å². The molecule has 0 aliphatic carbocycles. The maximum atomic E-state index is 11.8. The van der Waals surface area contributed by atoms with E-state index in [0.29, 0.717) is 21.4 Å². The van der Waals surface area contributed by atoms with Crippen LogP contribution in [0, 0.1) is 6.92 Å². The van der Waals surface area contributed by atoms with Crippen LogP contribution in [-0.4, -0.2) is 30.4 Å². The van der Waals surface area contributed by atoms with Gasteiger partial charge in [-0.3, -0.25) is 9.59 Å². The Labute approximate surface area is 142 Å². The van der Waals surface area contributed by atoms with Crippen LogP contribution in [0.4, 0.5) is 10.8 Å². The highest BCUT2D eigenvalue weighted by Gasteiger charge is 2.15. The van der Waals surface area contributed by atoms with Crippen LogP contribution in [0.25, 0.3) is 0 Å². The summed E-state index contributed by atoms with van der Waals surface area (Å²) in [4.78, 5) is 26.5. The van der Waals surface area contributed by atoms with Crippen molar-refractivity contribution in [2.45, 2.75) is 25.2 Å². The van der Waals surface area contributed by atoms with E-state index in [9.17, 15) is 18.0 Å². The van der Waals surface area contributed by atoms with Crippen LogP contribution in [-0.2, 0) is 26.0 Å². The Morgan fingerprint density at radius 3 is 2.42 bits per heavy atom. The normalized spacial score (nSPS) is 11.1. The highest BCUT2D eigenvalue weighted by Crippen LogP contribution is 2.26. The third-order valence-corrected chi connectivity index (χ3v) is 5.42. The van der Waals surface area contributed by atoms with E-state index in [1.807, 2.05) is 4.72 Å². The van der Waals surface area contributed by atoms with E-state index < -0.39 is 21.9 Å². The maximum Gasteiger partial charge on any atom is 0.308 e. The first-order valence-corrected chi connectivity index (χ1v) is 9.06. The number of hydrogen-bond acceptors (Lipinski definition) is 7. The van der Waals surface area contributed by atoms with Crippen LogP contribution in [0.1, 0.15) is 17.5 Å². The van der Waals surface area contributed by atoms with Gasteiger partial charge in [-0.1, -0.05) is 0 Å². The minimum atomic E-state index is -3.87. The minimum absolute atomic E-state index is 0.0369. The molecule has 1 amide bonds. The first kappa shape index (κ1) is 17.9. The average molecular weight is 369 g/mol. The number of thiazole rings is 1. The van der Waals surface area contributed by atoms with Crippen molar-refractivity contribution in [1.29, 1.82) is 0 Å². The van der Waals surface area contributed by atoms with E-state index in [1.54, 1.807) is 6.92 Å². The topological polar surface area (TPSA) is 125 Å². The molecule has 0 fully saturated rings. The van der Waals surface area contributed by atoms with Crippen LogP contribution in [0.5, 0.6) is 0 Å². The molecule has 128 valence electrons. The molecular weight excluding hydrogens is 354 g/mol. The Kier molecular flexibility index (Phi) is 5.20. The Morgan fingerprint density at radius 1 is 1.25 bits per heavy atom. The molecule has 0 unspecified atom stereocenters. The number of carbonyl (C=O) groups is 2. The molecule has 0 saturated heterocycles. The lowest BCUT2D eigenvalue weighted by Crippen LogP contribution is -2.28. The van der Waals surface area contributed by atoms with Crippen LogP contribution >= 0.6 is 11.3 Å². The molecule has 24 heavy (non-hydrogen) atoms. The third-order valence-electron chi connectivity index (χ3n) is 2.90. The molecule has 0 bridgehead atoms. The number of carbonyl (C=O) groups excluding carboxylic acids is 1.